The zero-order valence-electron chi connectivity index (χ0n) is 7.89. The van der Waals surface area contributed by atoms with E-state index >= 15 is 0 Å². The van der Waals surface area contributed by atoms with Crippen LogP contribution in [-0.2, 0) is 4.74 Å². The third-order valence-corrected chi connectivity index (χ3v) is 2.96. The normalized spacial score (nSPS) is 36.3. The summed E-state index contributed by atoms with van der Waals surface area (Å²) in [6, 6.07) is 0. The fraction of sp³-hybridized carbons (Fsp3) is 0.889. The summed E-state index contributed by atoms with van der Waals surface area (Å²) in [5.41, 5.74) is 5.08. The second kappa shape index (κ2) is 3.44. The standard InChI is InChI=1S/C9H18N2O/c1-7-3-5-9(12-2,6-4-7)8(10)11/h7H,3-6H2,1-2H3,(H3,10,11). The Bertz CT molecular complexity index is 171. The van der Waals surface area contributed by atoms with Gasteiger partial charge >= 0.3 is 0 Å². The number of rotatable bonds is 2. The molecule has 0 heterocycles. The van der Waals surface area contributed by atoms with E-state index in [-0.39, 0.29) is 5.84 Å². The van der Waals surface area contributed by atoms with Gasteiger partial charge in [0.2, 0.25) is 0 Å². The SMILES string of the molecule is COC1(C(=N)N)CCC(C)CC1. The molecule has 3 nitrogen and oxygen atoms in total. The molecule has 3 heteroatoms. The van der Waals surface area contributed by atoms with Gasteiger partial charge in [0.1, 0.15) is 11.4 Å². The van der Waals surface area contributed by atoms with Crippen LogP contribution in [0.25, 0.3) is 0 Å². The highest BCUT2D eigenvalue weighted by atomic mass is 16.5. The molecule has 0 amide bonds. The maximum Gasteiger partial charge on any atom is 0.124 e. The monoisotopic (exact) mass is 170 g/mol. The van der Waals surface area contributed by atoms with E-state index < -0.39 is 5.60 Å². The summed E-state index contributed by atoms with van der Waals surface area (Å²) in [7, 11) is 1.65. The fourth-order valence-corrected chi connectivity index (χ4v) is 1.81. The molecule has 1 rings (SSSR count). The minimum Gasteiger partial charge on any atom is -0.385 e. The van der Waals surface area contributed by atoms with Crippen LogP contribution in [0.4, 0.5) is 0 Å². The van der Waals surface area contributed by atoms with Gasteiger partial charge < -0.3 is 10.5 Å². The molecule has 0 aromatic heterocycles. The van der Waals surface area contributed by atoms with Crippen molar-refractivity contribution in [3.63, 3.8) is 0 Å². The summed E-state index contributed by atoms with van der Waals surface area (Å²) in [6.07, 6.45) is 4.04. The molecule has 70 valence electrons. The van der Waals surface area contributed by atoms with Gasteiger partial charge in [0.05, 0.1) is 0 Å². The molecule has 3 N–H and O–H groups in total. The number of amidine groups is 1. The molecule has 0 atom stereocenters. The number of hydrogen-bond acceptors (Lipinski definition) is 2. The second-order valence-corrected chi connectivity index (χ2v) is 3.79. The number of nitrogens with one attached hydrogen (secondary N) is 1. The summed E-state index contributed by atoms with van der Waals surface area (Å²) in [5, 5.41) is 7.46. The van der Waals surface area contributed by atoms with Crippen molar-refractivity contribution in [3.05, 3.63) is 0 Å². The topological polar surface area (TPSA) is 59.1 Å². The molecule has 1 fully saturated rings. The van der Waals surface area contributed by atoms with Gasteiger partial charge in [-0.05, 0) is 31.6 Å². The van der Waals surface area contributed by atoms with Crippen LogP contribution in [0.15, 0.2) is 0 Å². The highest BCUT2D eigenvalue weighted by Crippen LogP contribution is 2.33. The maximum absolute atomic E-state index is 7.46. The summed E-state index contributed by atoms with van der Waals surface area (Å²) >= 11 is 0. The Morgan fingerprint density at radius 3 is 2.33 bits per heavy atom. The summed E-state index contributed by atoms with van der Waals surface area (Å²) in [4.78, 5) is 0. The molecule has 1 aliphatic rings. The first-order chi connectivity index (χ1) is 5.60. The van der Waals surface area contributed by atoms with Crippen LogP contribution in [0.2, 0.25) is 0 Å². The molecular formula is C9H18N2O. The summed E-state index contributed by atoms with van der Waals surface area (Å²) in [6.45, 7) is 2.24. The molecular weight excluding hydrogens is 152 g/mol. The zero-order chi connectivity index (χ0) is 9.19. The molecule has 0 unspecified atom stereocenters. The minimum absolute atomic E-state index is 0.192. The van der Waals surface area contributed by atoms with E-state index in [1.165, 1.54) is 0 Å². The maximum atomic E-state index is 7.46. The van der Waals surface area contributed by atoms with E-state index in [0.717, 1.165) is 31.6 Å². The van der Waals surface area contributed by atoms with Crippen molar-refractivity contribution in [1.29, 1.82) is 5.41 Å². The van der Waals surface area contributed by atoms with E-state index in [1.54, 1.807) is 7.11 Å². The van der Waals surface area contributed by atoms with Crippen molar-refractivity contribution >= 4 is 5.84 Å². The molecule has 0 aromatic carbocycles. The smallest absolute Gasteiger partial charge is 0.124 e. The van der Waals surface area contributed by atoms with Gasteiger partial charge in [-0.3, -0.25) is 5.41 Å². The predicted molar refractivity (Wildman–Crippen MR) is 49.3 cm³/mol. The molecule has 1 aliphatic carbocycles. The zero-order valence-corrected chi connectivity index (χ0v) is 7.89. The van der Waals surface area contributed by atoms with Crippen molar-refractivity contribution in [3.8, 4) is 0 Å². The van der Waals surface area contributed by atoms with Crippen molar-refractivity contribution < 1.29 is 4.74 Å². The van der Waals surface area contributed by atoms with Gasteiger partial charge in [0.15, 0.2) is 0 Å². The minimum atomic E-state index is -0.438. The van der Waals surface area contributed by atoms with Crippen LogP contribution in [-0.4, -0.2) is 18.5 Å². The quantitative estimate of drug-likeness (QED) is 0.487. The van der Waals surface area contributed by atoms with E-state index in [4.69, 9.17) is 15.9 Å². The van der Waals surface area contributed by atoms with Crippen molar-refractivity contribution in [2.75, 3.05) is 7.11 Å². The first-order valence-corrected chi connectivity index (χ1v) is 4.50. The van der Waals surface area contributed by atoms with Gasteiger partial charge in [-0.15, -0.1) is 0 Å². The fourth-order valence-electron chi connectivity index (χ4n) is 1.81. The highest BCUT2D eigenvalue weighted by Gasteiger charge is 2.36. The van der Waals surface area contributed by atoms with Crippen LogP contribution in [0.3, 0.4) is 0 Å². The van der Waals surface area contributed by atoms with Gasteiger partial charge in [-0.1, -0.05) is 6.92 Å². The Morgan fingerprint density at radius 1 is 1.50 bits per heavy atom. The van der Waals surface area contributed by atoms with E-state index in [2.05, 4.69) is 6.92 Å². The first-order valence-electron chi connectivity index (χ1n) is 4.50. The lowest BCUT2D eigenvalue weighted by atomic mass is 9.79. The molecule has 12 heavy (non-hydrogen) atoms. The summed E-state index contributed by atoms with van der Waals surface area (Å²) < 4.78 is 5.34. The predicted octanol–water partition coefficient (Wildman–Crippen LogP) is 1.52. The number of hydrogen-bond donors (Lipinski definition) is 2. The number of ether oxygens (including phenoxy) is 1. The molecule has 1 saturated carbocycles. The molecule has 0 spiro atoms. The Balaban J connectivity index is 2.63. The Morgan fingerprint density at radius 2 is 2.00 bits per heavy atom. The van der Waals surface area contributed by atoms with Gasteiger partial charge in [0.25, 0.3) is 0 Å². The van der Waals surface area contributed by atoms with Crippen molar-refractivity contribution in [2.24, 2.45) is 11.7 Å². The Hall–Kier alpha value is -0.570. The highest BCUT2D eigenvalue weighted by molar-refractivity contribution is 5.86. The van der Waals surface area contributed by atoms with Crippen molar-refractivity contribution in [1.82, 2.24) is 0 Å². The molecule has 0 bridgehead atoms. The van der Waals surface area contributed by atoms with E-state index in [0.29, 0.717) is 0 Å². The van der Waals surface area contributed by atoms with Crippen LogP contribution >= 0.6 is 0 Å². The lowest BCUT2D eigenvalue weighted by Gasteiger charge is -2.37. The van der Waals surface area contributed by atoms with Gasteiger partial charge in [-0.25, -0.2) is 0 Å². The first kappa shape index (κ1) is 9.52. The lowest BCUT2D eigenvalue weighted by molar-refractivity contribution is 0.00752. The Kier molecular flexibility index (Phi) is 2.73. The number of nitrogens with two attached hydrogens (primary N) is 1. The molecule has 0 saturated heterocycles. The van der Waals surface area contributed by atoms with E-state index in [1.807, 2.05) is 0 Å². The van der Waals surface area contributed by atoms with Gasteiger partial charge in [0, 0.05) is 7.11 Å². The largest absolute Gasteiger partial charge is 0.385 e. The second-order valence-electron chi connectivity index (χ2n) is 3.79. The van der Waals surface area contributed by atoms with Crippen LogP contribution in [0, 0.1) is 11.3 Å². The molecule has 0 aliphatic heterocycles. The van der Waals surface area contributed by atoms with Crippen LogP contribution < -0.4 is 5.73 Å². The van der Waals surface area contributed by atoms with Crippen LogP contribution in [0.1, 0.15) is 32.6 Å². The van der Waals surface area contributed by atoms with Gasteiger partial charge in [-0.2, -0.15) is 0 Å². The molecule has 0 aromatic rings. The Labute approximate surface area is 73.8 Å². The third-order valence-electron chi connectivity index (χ3n) is 2.96. The van der Waals surface area contributed by atoms with Crippen molar-refractivity contribution in [2.45, 2.75) is 38.2 Å². The van der Waals surface area contributed by atoms with Crippen LogP contribution in [0.5, 0.6) is 0 Å². The number of methoxy groups -OCH3 is 1. The average Bonchev–Trinajstić information content (AvgIpc) is 2.06. The third kappa shape index (κ3) is 1.61. The molecule has 0 radical (unpaired) electrons. The average molecular weight is 170 g/mol. The lowest BCUT2D eigenvalue weighted by Crippen LogP contribution is -2.47. The summed E-state index contributed by atoms with van der Waals surface area (Å²) in [5.74, 6) is 0.949. The van der Waals surface area contributed by atoms with E-state index in [9.17, 15) is 0 Å².